The van der Waals surface area contributed by atoms with Crippen LogP contribution in [-0.4, -0.2) is 9.78 Å². The quantitative estimate of drug-likeness (QED) is 0.738. The van der Waals surface area contributed by atoms with Crippen molar-refractivity contribution in [2.75, 3.05) is 0 Å². The fourth-order valence-corrected chi connectivity index (χ4v) is 2.29. The van der Waals surface area contributed by atoms with Crippen LogP contribution in [0.3, 0.4) is 0 Å². The second-order valence-corrected chi connectivity index (χ2v) is 4.77. The molecule has 2 heterocycles. The molecule has 3 heteroatoms. The van der Waals surface area contributed by atoms with Gasteiger partial charge in [0.1, 0.15) is 0 Å². The summed E-state index contributed by atoms with van der Waals surface area (Å²) < 4.78 is 2.05. The molecule has 0 aliphatic heterocycles. The minimum Gasteiger partial charge on any atom is -0.265 e. The number of thiophene rings is 1. The fourth-order valence-electron chi connectivity index (χ4n) is 1.59. The van der Waals surface area contributed by atoms with E-state index in [2.05, 4.69) is 41.1 Å². The molecule has 14 heavy (non-hydrogen) atoms. The average Bonchev–Trinajstić information content (AvgIpc) is 2.61. The third-order valence-corrected chi connectivity index (χ3v) is 3.13. The van der Waals surface area contributed by atoms with E-state index in [9.17, 15) is 0 Å². The second-order valence-electron chi connectivity index (χ2n) is 3.65. The fraction of sp³-hybridized carbons (Fsp3) is 0.364. The van der Waals surface area contributed by atoms with E-state index >= 15 is 0 Å². The van der Waals surface area contributed by atoms with Gasteiger partial charge >= 0.3 is 0 Å². The van der Waals surface area contributed by atoms with Crippen LogP contribution in [-0.2, 0) is 6.54 Å². The molecule has 0 aliphatic carbocycles. The Morgan fingerprint density at radius 2 is 2.07 bits per heavy atom. The van der Waals surface area contributed by atoms with Crippen molar-refractivity contribution < 1.29 is 0 Å². The van der Waals surface area contributed by atoms with Gasteiger partial charge in [-0.05, 0) is 43.8 Å². The molecule has 2 aromatic heterocycles. The lowest BCUT2D eigenvalue weighted by Gasteiger charge is -2.01. The Morgan fingerprint density at radius 3 is 2.57 bits per heavy atom. The van der Waals surface area contributed by atoms with Crippen LogP contribution in [0.4, 0.5) is 0 Å². The Kier molecular flexibility index (Phi) is 2.42. The molecule has 0 spiro atoms. The predicted octanol–water partition coefficient (Wildman–Crippen LogP) is 2.92. The van der Waals surface area contributed by atoms with Crippen molar-refractivity contribution in [1.29, 1.82) is 0 Å². The molecular formula is C11H14N2S. The maximum Gasteiger partial charge on any atom is 0.0670 e. The van der Waals surface area contributed by atoms with E-state index in [1.165, 1.54) is 16.1 Å². The van der Waals surface area contributed by atoms with E-state index in [1.807, 2.05) is 6.92 Å². The molecule has 2 aromatic rings. The zero-order valence-corrected chi connectivity index (χ0v) is 9.56. The maximum absolute atomic E-state index is 4.44. The van der Waals surface area contributed by atoms with Crippen molar-refractivity contribution in [3.8, 4) is 0 Å². The van der Waals surface area contributed by atoms with Gasteiger partial charge in [-0.2, -0.15) is 5.10 Å². The minimum absolute atomic E-state index is 0.893. The Hall–Kier alpha value is -1.09. The molecule has 0 radical (unpaired) electrons. The molecule has 74 valence electrons. The van der Waals surface area contributed by atoms with E-state index in [4.69, 9.17) is 0 Å². The van der Waals surface area contributed by atoms with Gasteiger partial charge in [0.05, 0.1) is 12.2 Å². The molecule has 0 aliphatic rings. The summed E-state index contributed by atoms with van der Waals surface area (Å²) in [5.41, 5.74) is 3.67. The third kappa shape index (κ3) is 1.87. The lowest BCUT2D eigenvalue weighted by atomic mass is 10.3. The molecular weight excluding hydrogens is 192 g/mol. The summed E-state index contributed by atoms with van der Waals surface area (Å²) >= 11 is 1.80. The molecule has 2 nitrogen and oxygen atoms in total. The molecule has 0 saturated heterocycles. The summed E-state index contributed by atoms with van der Waals surface area (Å²) in [5.74, 6) is 0. The van der Waals surface area contributed by atoms with Crippen molar-refractivity contribution in [2.24, 2.45) is 0 Å². The summed E-state index contributed by atoms with van der Waals surface area (Å²) in [4.78, 5) is 1.36. The van der Waals surface area contributed by atoms with Crippen molar-refractivity contribution in [2.45, 2.75) is 27.3 Å². The Morgan fingerprint density at radius 1 is 1.29 bits per heavy atom. The highest BCUT2D eigenvalue weighted by Gasteiger charge is 2.02. The van der Waals surface area contributed by atoms with Gasteiger partial charge in [0.2, 0.25) is 0 Å². The first kappa shape index (κ1) is 9.46. The largest absolute Gasteiger partial charge is 0.265 e. The molecule has 0 saturated carbocycles. The van der Waals surface area contributed by atoms with Gasteiger partial charge in [0, 0.05) is 10.6 Å². The monoisotopic (exact) mass is 206 g/mol. The number of aryl methyl sites for hydroxylation is 3. The lowest BCUT2D eigenvalue weighted by molar-refractivity contribution is 0.660. The van der Waals surface area contributed by atoms with Crippen molar-refractivity contribution in [3.05, 3.63) is 39.3 Å². The number of rotatable bonds is 2. The number of hydrogen-bond acceptors (Lipinski definition) is 2. The van der Waals surface area contributed by atoms with E-state index in [1.54, 1.807) is 11.3 Å². The van der Waals surface area contributed by atoms with Crippen LogP contribution < -0.4 is 0 Å². The minimum atomic E-state index is 0.893. The molecule has 0 bridgehead atoms. The van der Waals surface area contributed by atoms with Crippen LogP contribution in [0.2, 0.25) is 0 Å². The topological polar surface area (TPSA) is 17.8 Å². The first-order chi connectivity index (χ1) is 6.65. The Balaban J connectivity index is 2.22. The van der Waals surface area contributed by atoms with E-state index in [0.29, 0.717) is 0 Å². The Bertz CT molecular complexity index is 440. The molecule has 0 aromatic carbocycles. The second kappa shape index (κ2) is 3.58. The lowest BCUT2D eigenvalue weighted by Crippen LogP contribution is -2.02. The molecule has 0 amide bonds. The first-order valence-electron chi connectivity index (χ1n) is 4.70. The van der Waals surface area contributed by atoms with Crippen LogP contribution in [0, 0.1) is 20.8 Å². The normalized spacial score (nSPS) is 10.8. The highest BCUT2D eigenvalue weighted by Crippen LogP contribution is 2.15. The highest BCUT2D eigenvalue weighted by molar-refractivity contribution is 7.10. The summed E-state index contributed by atoms with van der Waals surface area (Å²) in [6, 6.07) is 4.33. The van der Waals surface area contributed by atoms with Crippen molar-refractivity contribution >= 4 is 11.3 Å². The van der Waals surface area contributed by atoms with E-state index in [-0.39, 0.29) is 0 Å². The van der Waals surface area contributed by atoms with E-state index < -0.39 is 0 Å². The van der Waals surface area contributed by atoms with Crippen molar-refractivity contribution in [3.63, 3.8) is 0 Å². The maximum atomic E-state index is 4.44. The standard InChI is InChI=1S/C11H14N2S/c1-8-4-9(2)13(12-8)6-11-5-10(3)14-7-11/h4-5,7H,6H2,1-3H3. The van der Waals surface area contributed by atoms with Crippen LogP contribution >= 0.6 is 11.3 Å². The number of nitrogens with zero attached hydrogens (tertiary/aromatic N) is 2. The summed E-state index contributed by atoms with van der Waals surface area (Å²) in [7, 11) is 0. The molecule has 2 rings (SSSR count). The summed E-state index contributed by atoms with van der Waals surface area (Å²) in [6.45, 7) is 7.15. The summed E-state index contributed by atoms with van der Waals surface area (Å²) in [5, 5.41) is 6.64. The van der Waals surface area contributed by atoms with Gasteiger partial charge in [0.25, 0.3) is 0 Å². The molecule has 0 N–H and O–H groups in total. The van der Waals surface area contributed by atoms with Gasteiger partial charge in [-0.25, -0.2) is 0 Å². The van der Waals surface area contributed by atoms with E-state index in [0.717, 1.165) is 12.2 Å². The van der Waals surface area contributed by atoms with Crippen LogP contribution in [0.25, 0.3) is 0 Å². The van der Waals surface area contributed by atoms with Gasteiger partial charge in [-0.3, -0.25) is 4.68 Å². The van der Waals surface area contributed by atoms with Crippen molar-refractivity contribution in [1.82, 2.24) is 9.78 Å². The summed E-state index contributed by atoms with van der Waals surface area (Å²) in [6.07, 6.45) is 0. The predicted molar refractivity (Wildman–Crippen MR) is 59.9 cm³/mol. The van der Waals surface area contributed by atoms with Crippen LogP contribution in [0.1, 0.15) is 21.8 Å². The third-order valence-electron chi connectivity index (χ3n) is 2.22. The molecule has 0 fully saturated rings. The smallest absolute Gasteiger partial charge is 0.0670 e. The van der Waals surface area contributed by atoms with Crippen LogP contribution in [0.15, 0.2) is 17.5 Å². The molecule has 0 unspecified atom stereocenters. The van der Waals surface area contributed by atoms with Gasteiger partial charge in [0.15, 0.2) is 0 Å². The zero-order chi connectivity index (χ0) is 10.1. The SMILES string of the molecule is Cc1cc(C)n(Cc2csc(C)c2)n1. The highest BCUT2D eigenvalue weighted by atomic mass is 32.1. The van der Waals surface area contributed by atoms with Gasteiger partial charge in [-0.1, -0.05) is 0 Å². The van der Waals surface area contributed by atoms with Gasteiger partial charge < -0.3 is 0 Å². The first-order valence-corrected chi connectivity index (χ1v) is 5.58. The van der Waals surface area contributed by atoms with Crippen LogP contribution in [0.5, 0.6) is 0 Å². The zero-order valence-electron chi connectivity index (χ0n) is 8.74. The number of aromatic nitrogens is 2. The Labute approximate surface area is 88.2 Å². The number of hydrogen-bond donors (Lipinski definition) is 0. The van der Waals surface area contributed by atoms with Gasteiger partial charge in [-0.15, -0.1) is 11.3 Å². The molecule has 0 atom stereocenters. The average molecular weight is 206 g/mol.